The average Bonchev–Trinajstić information content (AvgIpc) is 2.49. The molecule has 0 saturated carbocycles. The zero-order valence-corrected chi connectivity index (χ0v) is 15.4. The summed E-state index contributed by atoms with van der Waals surface area (Å²) in [6.07, 6.45) is 0.693. The highest BCUT2D eigenvalue weighted by molar-refractivity contribution is 14.1. The maximum Gasteiger partial charge on any atom is 0.160 e. The molecule has 2 nitrogen and oxygen atoms in total. The van der Waals surface area contributed by atoms with Crippen molar-refractivity contribution in [3.05, 3.63) is 56.1 Å². The van der Waals surface area contributed by atoms with Gasteiger partial charge in [0.2, 0.25) is 0 Å². The molecule has 112 valence electrons. The molecule has 2 aromatic rings. The molecule has 0 fully saturated rings. The van der Waals surface area contributed by atoms with Crippen molar-refractivity contribution >= 4 is 45.8 Å². The van der Waals surface area contributed by atoms with Crippen LogP contribution in [-0.2, 0) is 6.42 Å². The SMILES string of the molecule is COc1ccc(CC(Cl)c2ccc(I)c(Cl)c2)cc1OC. The quantitative estimate of drug-likeness (QED) is 0.456. The summed E-state index contributed by atoms with van der Waals surface area (Å²) < 4.78 is 11.6. The molecular formula is C16H15Cl2IO2. The van der Waals surface area contributed by atoms with Crippen LogP contribution in [0.15, 0.2) is 36.4 Å². The minimum Gasteiger partial charge on any atom is -0.493 e. The first-order chi connectivity index (χ1) is 10.0. The molecule has 0 aromatic heterocycles. The molecular weight excluding hydrogens is 422 g/mol. The highest BCUT2D eigenvalue weighted by Crippen LogP contribution is 2.32. The van der Waals surface area contributed by atoms with Crippen molar-refractivity contribution in [3.63, 3.8) is 0 Å². The van der Waals surface area contributed by atoms with E-state index in [4.69, 9.17) is 32.7 Å². The predicted octanol–water partition coefficient (Wildman–Crippen LogP) is 5.48. The molecule has 0 bridgehead atoms. The smallest absolute Gasteiger partial charge is 0.160 e. The second kappa shape index (κ2) is 7.56. The van der Waals surface area contributed by atoms with Crippen molar-refractivity contribution < 1.29 is 9.47 Å². The molecule has 0 heterocycles. The fourth-order valence-electron chi connectivity index (χ4n) is 2.04. The Balaban J connectivity index is 2.18. The molecule has 0 aliphatic heterocycles. The molecule has 2 aromatic carbocycles. The van der Waals surface area contributed by atoms with Crippen molar-refractivity contribution in [1.82, 2.24) is 0 Å². The molecule has 2 rings (SSSR count). The van der Waals surface area contributed by atoms with E-state index >= 15 is 0 Å². The third-order valence-corrected chi connectivity index (χ3v) is 5.15. The normalized spacial score (nSPS) is 12.0. The first kappa shape index (κ1) is 16.7. The van der Waals surface area contributed by atoms with Gasteiger partial charge in [0.25, 0.3) is 0 Å². The summed E-state index contributed by atoms with van der Waals surface area (Å²) in [4.78, 5) is 0. The molecule has 0 spiro atoms. The van der Waals surface area contributed by atoms with E-state index < -0.39 is 0 Å². The van der Waals surface area contributed by atoms with Gasteiger partial charge in [0.15, 0.2) is 11.5 Å². The topological polar surface area (TPSA) is 18.5 Å². The van der Waals surface area contributed by atoms with Gasteiger partial charge in [-0.3, -0.25) is 0 Å². The number of methoxy groups -OCH3 is 2. The van der Waals surface area contributed by atoms with E-state index in [-0.39, 0.29) is 5.38 Å². The second-order valence-electron chi connectivity index (χ2n) is 4.53. The molecule has 0 saturated heterocycles. The average molecular weight is 437 g/mol. The van der Waals surface area contributed by atoms with E-state index in [1.54, 1.807) is 14.2 Å². The van der Waals surface area contributed by atoms with Crippen LogP contribution < -0.4 is 9.47 Å². The number of hydrogen-bond acceptors (Lipinski definition) is 2. The maximum absolute atomic E-state index is 6.50. The van der Waals surface area contributed by atoms with Crippen molar-refractivity contribution in [2.75, 3.05) is 14.2 Å². The lowest BCUT2D eigenvalue weighted by atomic mass is 10.0. The molecule has 0 aliphatic carbocycles. The zero-order valence-electron chi connectivity index (χ0n) is 11.7. The summed E-state index contributed by atoms with van der Waals surface area (Å²) in [5.41, 5.74) is 2.10. The van der Waals surface area contributed by atoms with Crippen molar-refractivity contribution in [3.8, 4) is 11.5 Å². The Bertz CT molecular complexity index is 632. The van der Waals surface area contributed by atoms with Crippen LogP contribution in [-0.4, -0.2) is 14.2 Å². The standard InChI is InChI=1S/C16H15Cl2IO2/c1-20-15-6-3-10(8-16(15)21-2)7-12(17)11-4-5-14(19)13(18)9-11/h3-6,8-9,12H,7H2,1-2H3. The lowest BCUT2D eigenvalue weighted by Gasteiger charge is -2.13. The minimum absolute atomic E-state index is 0.141. The van der Waals surface area contributed by atoms with E-state index in [1.807, 2.05) is 36.4 Å². The molecule has 21 heavy (non-hydrogen) atoms. The molecule has 1 unspecified atom stereocenters. The van der Waals surface area contributed by atoms with Crippen LogP contribution in [0.1, 0.15) is 16.5 Å². The summed E-state index contributed by atoms with van der Waals surface area (Å²) in [6, 6.07) is 11.7. The summed E-state index contributed by atoms with van der Waals surface area (Å²) in [5.74, 6) is 1.42. The van der Waals surface area contributed by atoms with Gasteiger partial charge in [0.05, 0.1) is 24.6 Å². The minimum atomic E-state index is -0.141. The first-order valence-electron chi connectivity index (χ1n) is 6.35. The summed E-state index contributed by atoms with van der Waals surface area (Å²) in [5, 5.41) is 0.587. The van der Waals surface area contributed by atoms with E-state index in [0.29, 0.717) is 17.9 Å². The summed E-state index contributed by atoms with van der Waals surface area (Å²) in [7, 11) is 3.24. The van der Waals surface area contributed by atoms with Crippen LogP contribution in [0.3, 0.4) is 0 Å². The number of halogens is 3. The van der Waals surface area contributed by atoms with E-state index in [2.05, 4.69) is 22.6 Å². The number of benzene rings is 2. The Morgan fingerprint density at radius 2 is 1.76 bits per heavy atom. The summed E-state index contributed by atoms with van der Waals surface area (Å²) in [6.45, 7) is 0. The van der Waals surface area contributed by atoms with Gasteiger partial charge in [-0.15, -0.1) is 11.6 Å². The van der Waals surface area contributed by atoms with Gasteiger partial charge in [0.1, 0.15) is 0 Å². The Morgan fingerprint density at radius 3 is 2.38 bits per heavy atom. The van der Waals surface area contributed by atoms with Crippen molar-refractivity contribution in [2.45, 2.75) is 11.8 Å². The predicted molar refractivity (Wildman–Crippen MR) is 96.0 cm³/mol. The fourth-order valence-corrected chi connectivity index (χ4v) is 2.88. The highest BCUT2D eigenvalue weighted by atomic mass is 127. The van der Waals surface area contributed by atoms with Crippen LogP contribution in [0.5, 0.6) is 11.5 Å². The van der Waals surface area contributed by atoms with E-state index in [1.165, 1.54) is 0 Å². The van der Waals surface area contributed by atoms with Gasteiger partial charge in [-0.2, -0.15) is 0 Å². The molecule has 0 aliphatic rings. The summed E-state index contributed by atoms with van der Waals surface area (Å²) >= 11 is 14.8. The van der Waals surface area contributed by atoms with Crippen LogP contribution >= 0.6 is 45.8 Å². The van der Waals surface area contributed by atoms with Gasteiger partial charge in [-0.05, 0) is 64.4 Å². The fraction of sp³-hybridized carbons (Fsp3) is 0.250. The van der Waals surface area contributed by atoms with Crippen molar-refractivity contribution in [2.24, 2.45) is 0 Å². The van der Waals surface area contributed by atoms with Gasteiger partial charge in [-0.25, -0.2) is 0 Å². The van der Waals surface area contributed by atoms with Crippen LogP contribution in [0.2, 0.25) is 5.02 Å². The van der Waals surface area contributed by atoms with Crippen LogP contribution in [0, 0.1) is 3.57 Å². The van der Waals surface area contributed by atoms with Crippen molar-refractivity contribution in [1.29, 1.82) is 0 Å². The lowest BCUT2D eigenvalue weighted by Crippen LogP contribution is -1.98. The van der Waals surface area contributed by atoms with Gasteiger partial charge in [-0.1, -0.05) is 23.7 Å². The molecule has 0 radical (unpaired) electrons. The first-order valence-corrected chi connectivity index (χ1v) is 8.24. The molecule has 0 N–H and O–H groups in total. The van der Waals surface area contributed by atoms with E-state index in [9.17, 15) is 0 Å². The van der Waals surface area contributed by atoms with Gasteiger partial charge >= 0.3 is 0 Å². The third kappa shape index (κ3) is 4.18. The number of ether oxygens (including phenoxy) is 2. The maximum atomic E-state index is 6.50. The monoisotopic (exact) mass is 436 g/mol. The van der Waals surface area contributed by atoms with Crippen LogP contribution in [0.4, 0.5) is 0 Å². The van der Waals surface area contributed by atoms with Gasteiger partial charge in [0, 0.05) is 3.57 Å². The Kier molecular flexibility index (Phi) is 6.02. The second-order valence-corrected chi connectivity index (χ2v) is 6.63. The number of rotatable bonds is 5. The van der Waals surface area contributed by atoms with Gasteiger partial charge < -0.3 is 9.47 Å². The lowest BCUT2D eigenvalue weighted by molar-refractivity contribution is 0.354. The molecule has 0 amide bonds. The third-order valence-electron chi connectivity index (χ3n) is 3.17. The largest absolute Gasteiger partial charge is 0.493 e. The van der Waals surface area contributed by atoms with E-state index in [0.717, 1.165) is 19.7 Å². The Hall–Kier alpha value is -0.650. The van der Waals surface area contributed by atoms with Crippen LogP contribution in [0.25, 0.3) is 0 Å². The highest BCUT2D eigenvalue weighted by Gasteiger charge is 2.12. The number of hydrogen-bond donors (Lipinski definition) is 0. The number of alkyl halides is 1. The molecule has 5 heteroatoms. The Morgan fingerprint density at radius 1 is 1.05 bits per heavy atom. The molecule has 1 atom stereocenters. The zero-order chi connectivity index (χ0) is 15.4. The Labute approximate surface area is 148 Å².